The molecule has 0 aliphatic rings. The van der Waals surface area contributed by atoms with Crippen molar-refractivity contribution in [3.05, 3.63) is 35.9 Å². The fraction of sp³-hybridized carbons (Fsp3) is 0.385. The van der Waals surface area contributed by atoms with Crippen LogP contribution in [0.2, 0.25) is 0 Å². The van der Waals surface area contributed by atoms with E-state index in [2.05, 4.69) is 5.32 Å². The van der Waals surface area contributed by atoms with Crippen LogP contribution >= 0.6 is 0 Å². The molecule has 1 atom stereocenters. The van der Waals surface area contributed by atoms with Gasteiger partial charge in [-0.3, -0.25) is 9.59 Å². The second-order valence-electron chi connectivity index (χ2n) is 4.29. The fourth-order valence-corrected chi connectivity index (χ4v) is 1.48. The van der Waals surface area contributed by atoms with Crippen molar-refractivity contribution in [2.24, 2.45) is 5.92 Å². The third-order valence-electron chi connectivity index (χ3n) is 2.55. The Balaban J connectivity index is 2.68. The molecule has 0 bridgehead atoms. The van der Waals surface area contributed by atoms with E-state index in [1.54, 1.807) is 24.3 Å². The summed E-state index contributed by atoms with van der Waals surface area (Å²) in [5.41, 5.74) is 0.545. The molecule has 0 aliphatic carbocycles. The molecule has 1 rings (SSSR count). The summed E-state index contributed by atoms with van der Waals surface area (Å²) in [6, 6.07) is 8.43. The van der Waals surface area contributed by atoms with Gasteiger partial charge < -0.3 is 10.4 Å². The molecule has 0 saturated heterocycles. The van der Waals surface area contributed by atoms with Gasteiger partial charge in [-0.2, -0.15) is 0 Å². The zero-order chi connectivity index (χ0) is 12.8. The van der Waals surface area contributed by atoms with E-state index in [-0.39, 0.29) is 24.3 Å². The highest BCUT2D eigenvalue weighted by molar-refractivity contribution is 5.94. The number of hydrogen-bond donors (Lipinski definition) is 2. The number of aliphatic carboxylic acids is 1. The quantitative estimate of drug-likeness (QED) is 0.819. The molecule has 17 heavy (non-hydrogen) atoms. The minimum atomic E-state index is -0.905. The van der Waals surface area contributed by atoms with Crippen LogP contribution in [0.25, 0.3) is 0 Å². The number of amides is 1. The monoisotopic (exact) mass is 235 g/mol. The third-order valence-corrected chi connectivity index (χ3v) is 2.55. The molecule has 1 amide bonds. The van der Waals surface area contributed by atoms with Gasteiger partial charge in [0.2, 0.25) is 0 Å². The highest BCUT2D eigenvalue weighted by Crippen LogP contribution is 2.08. The van der Waals surface area contributed by atoms with Crippen molar-refractivity contribution in [2.75, 3.05) is 0 Å². The highest BCUT2D eigenvalue weighted by Gasteiger charge is 2.19. The van der Waals surface area contributed by atoms with E-state index >= 15 is 0 Å². The summed E-state index contributed by atoms with van der Waals surface area (Å²) < 4.78 is 0. The first kappa shape index (κ1) is 13.2. The number of rotatable bonds is 5. The Morgan fingerprint density at radius 1 is 1.24 bits per heavy atom. The summed E-state index contributed by atoms with van der Waals surface area (Å²) in [6.45, 7) is 3.78. The lowest BCUT2D eigenvalue weighted by molar-refractivity contribution is -0.137. The summed E-state index contributed by atoms with van der Waals surface area (Å²) in [5.74, 6) is -1.05. The van der Waals surface area contributed by atoms with Gasteiger partial charge >= 0.3 is 5.97 Å². The molecule has 0 fully saturated rings. The molecule has 4 nitrogen and oxygen atoms in total. The van der Waals surface area contributed by atoms with Crippen molar-refractivity contribution < 1.29 is 14.7 Å². The number of carboxylic acids is 1. The average Bonchev–Trinajstić information content (AvgIpc) is 2.28. The third kappa shape index (κ3) is 4.26. The van der Waals surface area contributed by atoms with Gasteiger partial charge in [0.05, 0.1) is 6.42 Å². The van der Waals surface area contributed by atoms with Crippen molar-refractivity contribution in [2.45, 2.75) is 26.3 Å². The number of benzene rings is 1. The Morgan fingerprint density at radius 2 is 1.82 bits per heavy atom. The molecular formula is C13H17NO3. The van der Waals surface area contributed by atoms with Gasteiger partial charge in [0.15, 0.2) is 0 Å². The van der Waals surface area contributed by atoms with Gasteiger partial charge in [0, 0.05) is 11.6 Å². The summed E-state index contributed by atoms with van der Waals surface area (Å²) in [7, 11) is 0. The molecule has 0 spiro atoms. The molecule has 0 aliphatic heterocycles. The fourth-order valence-electron chi connectivity index (χ4n) is 1.48. The number of carboxylic acid groups (broad SMARTS) is 1. The standard InChI is InChI=1S/C13H17NO3/c1-9(2)11(8-12(15)16)14-13(17)10-6-4-3-5-7-10/h3-7,9,11H,8H2,1-2H3,(H,14,17)(H,15,16). The Kier molecular flexibility index (Phi) is 4.69. The molecule has 92 valence electrons. The first-order chi connectivity index (χ1) is 8.00. The van der Waals surface area contributed by atoms with Crippen LogP contribution in [-0.2, 0) is 4.79 Å². The van der Waals surface area contributed by atoms with Crippen molar-refractivity contribution in [3.8, 4) is 0 Å². The maximum atomic E-state index is 11.8. The van der Waals surface area contributed by atoms with Gasteiger partial charge in [0.25, 0.3) is 5.91 Å². The van der Waals surface area contributed by atoms with Gasteiger partial charge in [-0.15, -0.1) is 0 Å². The smallest absolute Gasteiger partial charge is 0.305 e. The second-order valence-corrected chi connectivity index (χ2v) is 4.29. The van der Waals surface area contributed by atoms with Crippen LogP contribution in [0, 0.1) is 5.92 Å². The largest absolute Gasteiger partial charge is 0.481 e. The van der Waals surface area contributed by atoms with Gasteiger partial charge in [0.1, 0.15) is 0 Å². The zero-order valence-corrected chi connectivity index (χ0v) is 10.0. The first-order valence-electron chi connectivity index (χ1n) is 5.58. The molecule has 0 aromatic heterocycles. The predicted molar refractivity (Wildman–Crippen MR) is 64.8 cm³/mol. The Morgan fingerprint density at radius 3 is 2.29 bits per heavy atom. The van der Waals surface area contributed by atoms with Crippen LogP contribution in [0.5, 0.6) is 0 Å². The summed E-state index contributed by atoms with van der Waals surface area (Å²) in [4.78, 5) is 22.5. The van der Waals surface area contributed by atoms with Crippen molar-refractivity contribution in [1.82, 2.24) is 5.32 Å². The first-order valence-corrected chi connectivity index (χ1v) is 5.58. The molecule has 0 heterocycles. The topological polar surface area (TPSA) is 66.4 Å². The SMILES string of the molecule is CC(C)C(CC(=O)O)NC(=O)c1ccccc1. The van der Waals surface area contributed by atoms with E-state index in [0.29, 0.717) is 5.56 Å². The summed E-state index contributed by atoms with van der Waals surface area (Å²) in [5, 5.41) is 11.5. The maximum absolute atomic E-state index is 11.8. The van der Waals surface area contributed by atoms with Crippen molar-refractivity contribution in [1.29, 1.82) is 0 Å². The van der Waals surface area contributed by atoms with E-state index in [1.807, 2.05) is 19.9 Å². The average molecular weight is 235 g/mol. The normalized spacial score (nSPS) is 12.2. The van der Waals surface area contributed by atoms with Gasteiger partial charge in [-0.25, -0.2) is 0 Å². The highest BCUT2D eigenvalue weighted by atomic mass is 16.4. The van der Waals surface area contributed by atoms with Crippen LogP contribution in [0.15, 0.2) is 30.3 Å². The number of carbonyl (C=O) groups excluding carboxylic acids is 1. The van der Waals surface area contributed by atoms with Crippen LogP contribution in [0.3, 0.4) is 0 Å². The van der Waals surface area contributed by atoms with Crippen LogP contribution in [0.1, 0.15) is 30.6 Å². The van der Waals surface area contributed by atoms with E-state index in [0.717, 1.165) is 0 Å². The molecule has 4 heteroatoms. The molecular weight excluding hydrogens is 218 g/mol. The van der Waals surface area contributed by atoms with Gasteiger partial charge in [-0.05, 0) is 18.1 Å². The summed E-state index contributed by atoms with van der Waals surface area (Å²) in [6.07, 6.45) is -0.0593. The lowest BCUT2D eigenvalue weighted by atomic mass is 10.0. The summed E-state index contributed by atoms with van der Waals surface area (Å²) >= 11 is 0. The molecule has 2 N–H and O–H groups in total. The second kappa shape index (κ2) is 6.03. The molecule has 0 radical (unpaired) electrons. The lowest BCUT2D eigenvalue weighted by Crippen LogP contribution is -2.40. The predicted octanol–water partition coefficient (Wildman–Crippen LogP) is 1.92. The van der Waals surface area contributed by atoms with E-state index in [1.165, 1.54) is 0 Å². The number of hydrogen-bond acceptors (Lipinski definition) is 2. The molecule has 0 saturated carbocycles. The number of nitrogens with one attached hydrogen (secondary N) is 1. The zero-order valence-electron chi connectivity index (χ0n) is 10.0. The molecule has 1 aromatic carbocycles. The molecule has 1 unspecified atom stereocenters. The minimum absolute atomic E-state index is 0.0593. The van der Waals surface area contributed by atoms with E-state index in [9.17, 15) is 9.59 Å². The molecule has 1 aromatic rings. The van der Waals surface area contributed by atoms with Gasteiger partial charge in [-0.1, -0.05) is 32.0 Å². The maximum Gasteiger partial charge on any atom is 0.305 e. The Hall–Kier alpha value is -1.84. The van der Waals surface area contributed by atoms with Crippen molar-refractivity contribution in [3.63, 3.8) is 0 Å². The Labute approximate surface area is 101 Å². The number of carbonyl (C=O) groups is 2. The van der Waals surface area contributed by atoms with Crippen molar-refractivity contribution >= 4 is 11.9 Å². The van der Waals surface area contributed by atoms with Crippen LogP contribution < -0.4 is 5.32 Å². The minimum Gasteiger partial charge on any atom is -0.481 e. The van der Waals surface area contributed by atoms with E-state index < -0.39 is 5.97 Å². The van der Waals surface area contributed by atoms with Crippen LogP contribution in [0.4, 0.5) is 0 Å². The Bertz CT molecular complexity index is 387. The van der Waals surface area contributed by atoms with Crippen LogP contribution in [-0.4, -0.2) is 23.0 Å². The lowest BCUT2D eigenvalue weighted by Gasteiger charge is -2.20. The van der Waals surface area contributed by atoms with E-state index in [4.69, 9.17) is 5.11 Å².